The van der Waals surface area contributed by atoms with Gasteiger partial charge in [0, 0.05) is 24.7 Å². The van der Waals surface area contributed by atoms with Crippen molar-refractivity contribution in [1.29, 1.82) is 0 Å². The van der Waals surface area contributed by atoms with Gasteiger partial charge in [-0.25, -0.2) is 0 Å². The van der Waals surface area contributed by atoms with E-state index in [1.807, 2.05) is 0 Å². The van der Waals surface area contributed by atoms with Crippen molar-refractivity contribution in [2.24, 2.45) is 5.41 Å². The monoisotopic (exact) mass is 222 g/mol. The lowest BCUT2D eigenvalue weighted by Gasteiger charge is -2.32. The summed E-state index contributed by atoms with van der Waals surface area (Å²) in [4.78, 5) is 2.71. The van der Waals surface area contributed by atoms with Gasteiger partial charge >= 0.3 is 0 Å². The molecule has 16 heavy (non-hydrogen) atoms. The second kappa shape index (κ2) is 3.99. The zero-order valence-electron chi connectivity index (χ0n) is 10.8. The first-order valence-electron chi connectivity index (χ1n) is 7.17. The van der Waals surface area contributed by atoms with Crippen molar-refractivity contribution >= 4 is 0 Å². The van der Waals surface area contributed by atoms with E-state index >= 15 is 0 Å². The van der Waals surface area contributed by atoms with Crippen LogP contribution in [0.15, 0.2) is 0 Å². The summed E-state index contributed by atoms with van der Waals surface area (Å²) in [6.07, 6.45) is 8.48. The molecule has 3 atom stereocenters. The molecule has 92 valence electrons. The Labute approximate surface area is 99.8 Å². The maximum Gasteiger partial charge on any atom is 0.0250 e. The van der Waals surface area contributed by atoms with Gasteiger partial charge in [-0.05, 0) is 44.1 Å². The van der Waals surface area contributed by atoms with E-state index in [1.165, 1.54) is 51.6 Å². The summed E-state index contributed by atoms with van der Waals surface area (Å²) in [5.74, 6) is 0. The van der Waals surface area contributed by atoms with Gasteiger partial charge in [0.2, 0.25) is 0 Å². The van der Waals surface area contributed by atoms with Gasteiger partial charge in [0.05, 0.1) is 0 Å². The Morgan fingerprint density at radius 1 is 1.06 bits per heavy atom. The van der Waals surface area contributed by atoms with E-state index in [0.717, 1.165) is 18.1 Å². The second-order valence-corrected chi connectivity index (χ2v) is 6.74. The Hall–Kier alpha value is -0.0800. The highest BCUT2D eigenvalue weighted by Crippen LogP contribution is 2.39. The molecule has 2 heteroatoms. The van der Waals surface area contributed by atoms with Gasteiger partial charge < -0.3 is 5.32 Å². The van der Waals surface area contributed by atoms with Crippen LogP contribution in [-0.4, -0.2) is 36.1 Å². The first-order valence-corrected chi connectivity index (χ1v) is 7.17. The molecule has 1 N–H and O–H groups in total. The molecule has 3 fully saturated rings. The Bertz CT molecular complexity index is 261. The summed E-state index contributed by atoms with van der Waals surface area (Å²) in [7, 11) is 0. The fourth-order valence-corrected chi connectivity index (χ4v) is 4.17. The first-order chi connectivity index (χ1) is 7.67. The van der Waals surface area contributed by atoms with Crippen LogP contribution in [0.25, 0.3) is 0 Å². The zero-order valence-corrected chi connectivity index (χ0v) is 10.8. The SMILES string of the molecule is CC1(C)CCCC1NC1CCN2CCCC12. The minimum absolute atomic E-state index is 0.534. The number of nitrogens with one attached hydrogen (secondary N) is 1. The van der Waals surface area contributed by atoms with Crippen LogP contribution in [0.5, 0.6) is 0 Å². The van der Waals surface area contributed by atoms with Gasteiger partial charge in [-0.15, -0.1) is 0 Å². The summed E-state index contributed by atoms with van der Waals surface area (Å²) in [5.41, 5.74) is 0.534. The van der Waals surface area contributed by atoms with Crippen LogP contribution in [0.4, 0.5) is 0 Å². The second-order valence-electron chi connectivity index (χ2n) is 6.74. The average Bonchev–Trinajstić information content (AvgIpc) is 2.85. The maximum absolute atomic E-state index is 4.00. The van der Waals surface area contributed by atoms with Crippen molar-refractivity contribution in [2.45, 2.75) is 70.5 Å². The standard InChI is InChI=1S/C14H26N2/c1-14(2)8-3-6-13(14)15-11-7-10-16-9-4-5-12(11)16/h11-13,15H,3-10H2,1-2H3. The molecule has 1 aliphatic carbocycles. The third-order valence-corrected chi connectivity index (χ3v) is 5.28. The van der Waals surface area contributed by atoms with Gasteiger partial charge in [0.15, 0.2) is 0 Å². The number of fused-ring (bicyclic) bond motifs is 1. The van der Waals surface area contributed by atoms with Crippen LogP contribution in [0.2, 0.25) is 0 Å². The number of nitrogens with zero attached hydrogens (tertiary/aromatic N) is 1. The minimum Gasteiger partial charge on any atom is -0.309 e. The fourth-order valence-electron chi connectivity index (χ4n) is 4.17. The van der Waals surface area contributed by atoms with Gasteiger partial charge in [0.25, 0.3) is 0 Å². The molecule has 2 nitrogen and oxygen atoms in total. The van der Waals surface area contributed by atoms with Crippen LogP contribution in [0.1, 0.15) is 52.4 Å². The first kappa shape index (κ1) is 11.0. The van der Waals surface area contributed by atoms with Gasteiger partial charge in [0.1, 0.15) is 0 Å². The number of hydrogen-bond donors (Lipinski definition) is 1. The summed E-state index contributed by atoms with van der Waals surface area (Å²) < 4.78 is 0. The number of hydrogen-bond acceptors (Lipinski definition) is 2. The molecule has 0 amide bonds. The van der Waals surface area contributed by atoms with E-state index in [0.29, 0.717) is 5.41 Å². The van der Waals surface area contributed by atoms with Crippen molar-refractivity contribution in [2.75, 3.05) is 13.1 Å². The molecule has 3 rings (SSSR count). The Balaban J connectivity index is 1.62. The molecular weight excluding hydrogens is 196 g/mol. The highest BCUT2D eigenvalue weighted by atomic mass is 15.2. The maximum atomic E-state index is 4.00. The van der Waals surface area contributed by atoms with Crippen LogP contribution in [0, 0.1) is 5.41 Å². The van der Waals surface area contributed by atoms with Gasteiger partial charge in [-0.1, -0.05) is 20.3 Å². The molecule has 0 aromatic heterocycles. The van der Waals surface area contributed by atoms with Crippen LogP contribution in [0.3, 0.4) is 0 Å². The molecule has 2 aliphatic heterocycles. The zero-order chi connectivity index (χ0) is 11.2. The predicted molar refractivity (Wildman–Crippen MR) is 67.6 cm³/mol. The van der Waals surface area contributed by atoms with E-state index in [-0.39, 0.29) is 0 Å². The van der Waals surface area contributed by atoms with E-state index in [2.05, 4.69) is 24.1 Å². The molecule has 3 aliphatic rings. The fraction of sp³-hybridized carbons (Fsp3) is 1.00. The van der Waals surface area contributed by atoms with Crippen molar-refractivity contribution < 1.29 is 0 Å². The number of rotatable bonds is 2. The third kappa shape index (κ3) is 1.80. The average molecular weight is 222 g/mol. The lowest BCUT2D eigenvalue weighted by Crippen LogP contribution is -2.48. The van der Waals surface area contributed by atoms with E-state index in [1.54, 1.807) is 0 Å². The third-order valence-electron chi connectivity index (χ3n) is 5.28. The van der Waals surface area contributed by atoms with Crippen molar-refractivity contribution in [3.05, 3.63) is 0 Å². The smallest absolute Gasteiger partial charge is 0.0250 e. The minimum atomic E-state index is 0.534. The summed E-state index contributed by atoms with van der Waals surface area (Å²) in [6, 6.07) is 2.44. The van der Waals surface area contributed by atoms with Crippen molar-refractivity contribution in [3.63, 3.8) is 0 Å². The summed E-state index contributed by atoms with van der Waals surface area (Å²) in [6.45, 7) is 7.59. The Morgan fingerprint density at radius 3 is 2.69 bits per heavy atom. The molecule has 0 radical (unpaired) electrons. The molecule has 0 spiro atoms. The Morgan fingerprint density at radius 2 is 1.94 bits per heavy atom. The van der Waals surface area contributed by atoms with E-state index in [4.69, 9.17) is 0 Å². The quantitative estimate of drug-likeness (QED) is 0.772. The Kier molecular flexibility index (Phi) is 2.75. The lowest BCUT2D eigenvalue weighted by atomic mass is 9.86. The molecule has 3 unspecified atom stereocenters. The van der Waals surface area contributed by atoms with Crippen LogP contribution < -0.4 is 5.32 Å². The lowest BCUT2D eigenvalue weighted by molar-refractivity contribution is 0.233. The molecule has 2 heterocycles. The summed E-state index contributed by atoms with van der Waals surface area (Å²) in [5, 5.41) is 4.00. The molecule has 0 aromatic rings. The van der Waals surface area contributed by atoms with Crippen LogP contribution in [-0.2, 0) is 0 Å². The molecular formula is C14H26N2. The normalized spacial score (nSPS) is 42.8. The van der Waals surface area contributed by atoms with Crippen molar-refractivity contribution in [3.8, 4) is 0 Å². The summed E-state index contributed by atoms with van der Waals surface area (Å²) >= 11 is 0. The largest absolute Gasteiger partial charge is 0.309 e. The highest BCUT2D eigenvalue weighted by molar-refractivity contribution is 5.00. The topological polar surface area (TPSA) is 15.3 Å². The molecule has 0 aromatic carbocycles. The van der Waals surface area contributed by atoms with Gasteiger partial charge in [-0.2, -0.15) is 0 Å². The van der Waals surface area contributed by atoms with E-state index < -0.39 is 0 Å². The molecule has 2 saturated heterocycles. The molecule has 1 saturated carbocycles. The van der Waals surface area contributed by atoms with Crippen molar-refractivity contribution in [1.82, 2.24) is 10.2 Å². The molecule has 0 bridgehead atoms. The van der Waals surface area contributed by atoms with Crippen LogP contribution >= 0.6 is 0 Å². The van der Waals surface area contributed by atoms with Gasteiger partial charge in [-0.3, -0.25) is 4.90 Å². The highest BCUT2D eigenvalue weighted by Gasteiger charge is 2.41. The van der Waals surface area contributed by atoms with E-state index in [9.17, 15) is 0 Å². The predicted octanol–water partition coefficient (Wildman–Crippen LogP) is 2.39.